The average Bonchev–Trinajstić information content (AvgIpc) is 3.64. The highest BCUT2D eigenvalue weighted by Gasteiger charge is 2.54. The second-order valence-electron chi connectivity index (χ2n) is 19.3. The molecule has 5 atom stereocenters. The average molecular weight is 915 g/mol. The number of fused-ring (bicyclic) bond motifs is 13. The molecule has 17 heteroatoms. The summed E-state index contributed by atoms with van der Waals surface area (Å²) in [5.41, 5.74) is -0.168. The highest BCUT2D eigenvalue weighted by molar-refractivity contribution is 6.34. The number of aliphatic imine (C=N–C) groups is 1. The number of aliphatic hydroxyl groups excluding tert-OH is 2. The van der Waals surface area contributed by atoms with E-state index >= 15 is 0 Å². The predicted molar refractivity (Wildman–Crippen MR) is 245 cm³/mol. The Hall–Kier alpha value is -5.36. The number of ketones is 2. The zero-order valence-electron chi connectivity index (χ0n) is 39.3. The first kappa shape index (κ1) is 48.6. The number of carbonyl (C=O) groups is 5. The van der Waals surface area contributed by atoms with Crippen molar-refractivity contribution >= 4 is 35.1 Å². The van der Waals surface area contributed by atoms with Gasteiger partial charge in [0.15, 0.2) is 0 Å². The van der Waals surface area contributed by atoms with Crippen molar-refractivity contribution in [1.29, 1.82) is 0 Å². The van der Waals surface area contributed by atoms with Crippen molar-refractivity contribution in [2.45, 2.75) is 123 Å². The maximum absolute atomic E-state index is 14.7. The largest absolute Gasteiger partial charge is 0.507 e. The molecular formula is C49H66N6O11. The summed E-state index contributed by atoms with van der Waals surface area (Å²) in [6.07, 6.45) is 6.71. The van der Waals surface area contributed by atoms with Crippen LogP contribution in [-0.4, -0.2) is 148 Å². The van der Waals surface area contributed by atoms with Crippen LogP contribution >= 0.6 is 0 Å². The van der Waals surface area contributed by atoms with Crippen LogP contribution in [-0.2, 0) is 23.9 Å². The number of likely N-dealkylation sites (N-methyl/N-ethyl adjacent to an activating group) is 1. The van der Waals surface area contributed by atoms with Crippen LogP contribution in [0.2, 0.25) is 0 Å². The monoisotopic (exact) mass is 914 g/mol. The Morgan fingerprint density at radius 1 is 1.00 bits per heavy atom. The van der Waals surface area contributed by atoms with E-state index in [9.17, 15) is 39.3 Å². The summed E-state index contributed by atoms with van der Waals surface area (Å²) < 4.78 is 18.1. The third-order valence-corrected chi connectivity index (χ3v) is 13.5. The summed E-state index contributed by atoms with van der Waals surface area (Å²) in [4.78, 5) is 80.9. The number of phenols is 1. The number of carbonyl (C=O) groups excluding carboxylic acids is 5. The first-order valence-corrected chi connectivity index (χ1v) is 23.3. The molecule has 66 heavy (non-hydrogen) atoms. The fraction of sp³-hybridized carbons (Fsp3) is 0.592. The Morgan fingerprint density at radius 2 is 1.74 bits per heavy atom. The van der Waals surface area contributed by atoms with Crippen molar-refractivity contribution in [1.82, 2.24) is 25.3 Å². The molecule has 7 aliphatic rings. The number of esters is 1. The van der Waals surface area contributed by atoms with E-state index in [2.05, 4.69) is 34.3 Å². The summed E-state index contributed by atoms with van der Waals surface area (Å²) in [6.45, 7) is 15.6. The molecule has 1 aromatic rings. The number of allylic oxidation sites excluding steroid dienone is 5. The first-order chi connectivity index (χ1) is 31.3. The highest BCUT2D eigenvalue weighted by Crippen LogP contribution is 2.50. The van der Waals surface area contributed by atoms with Crippen LogP contribution in [0.3, 0.4) is 0 Å². The van der Waals surface area contributed by atoms with Crippen molar-refractivity contribution in [3.8, 4) is 11.5 Å². The summed E-state index contributed by atoms with van der Waals surface area (Å²) in [5.74, 6) is -5.29. The Bertz CT molecular complexity index is 2270. The molecule has 1 aliphatic carbocycles. The van der Waals surface area contributed by atoms with E-state index in [1.54, 1.807) is 43.1 Å². The van der Waals surface area contributed by atoms with E-state index in [4.69, 9.17) is 19.2 Å². The summed E-state index contributed by atoms with van der Waals surface area (Å²) >= 11 is 0. The maximum atomic E-state index is 14.7. The van der Waals surface area contributed by atoms with E-state index in [1.807, 2.05) is 7.05 Å². The number of amides is 2. The lowest BCUT2D eigenvalue weighted by atomic mass is 9.82. The Labute approximate surface area is 386 Å². The number of rotatable bonds is 5. The number of Topliss-reactive ketones (excluding diaryl/α,β-unsaturated/α-hetero) is 2. The van der Waals surface area contributed by atoms with E-state index in [0.29, 0.717) is 38.4 Å². The molecule has 0 aromatic heterocycles. The number of hydrogen-bond acceptors (Lipinski definition) is 15. The Kier molecular flexibility index (Phi) is 14.6. The van der Waals surface area contributed by atoms with Crippen LogP contribution in [0.5, 0.6) is 11.5 Å². The molecule has 6 aliphatic heterocycles. The van der Waals surface area contributed by atoms with Crippen molar-refractivity contribution in [3.63, 3.8) is 0 Å². The minimum absolute atomic E-state index is 0.0227. The number of aliphatic hydroxyl groups is 2. The molecule has 0 saturated carbocycles. The molecule has 1 spiro atoms. The number of nitrogens with zero attached hydrogens (tertiary/aromatic N) is 4. The van der Waals surface area contributed by atoms with Gasteiger partial charge >= 0.3 is 11.8 Å². The third-order valence-electron chi connectivity index (χ3n) is 13.5. The molecule has 17 nitrogen and oxygen atoms in total. The van der Waals surface area contributed by atoms with Crippen LogP contribution in [0.25, 0.3) is 0 Å². The van der Waals surface area contributed by atoms with Crippen LogP contribution < -0.4 is 15.4 Å². The second kappa shape index (κ2) is 19.9. The lowest BCUT2D eigenvalue weighted by Crippen LogP contribution is -2.50. The second-order valence-corrected chi connectivity index (χ2v) is 19.3. The number of likely N-dealkylation sites (tertiary alicyclic amines) is 1. The van der Waals surface area contributed by atoms with Crippen molar-refractivity contribution in [3.05, 3.63) is 69.8 Å². The summed E-state index contributed by atoms with van der Waals surface area (Å²) in [6, 6.07) is 0. The third kappa shape index (κ3) is 10.3. The maximum Gasteiger partial charge on any atom is 0.315 e. The molecule has 2 unspecified atom stereocenters. The van der Waals surface area contributed by atoms with Gasteiger partial charge in [-0.15, -0.1) is 0 Å². The first-order valence-electron chi connectivity index (χ1n) is 23.3. The molecule has 6 heterocycles. The molecule has 358 valence electrons. The van der Waals surface area contributed by atoms with Crippen LogP contribution in [0.4, 0.5) is 0 Å². The van der Waals surface area contributed by atoms with E-state index < -0.39 is 71.3 Å². The molecule has 2 amide bonds. The van der Waals surface area contributed by atoms with E-state index in [-0.39, 0.29) is 82.3 Å². The summed E-state index contributed by atoms with van der Waals surface area (Å²) in [5, 5.41) is 40.3. The predicted octanol–water partition coefficient (Wildman–Crippen LogP) is 3.79. The fourth-order valence-corrected chi connectivity index (χ4v) is 9.55. The molecule has 2 fully saturated rings. The van der Waals surface area contributed by atoms with Crippen molar-refractivity contribution in [2.75, 3.05) is 52.9 Å². The van der Waals surface area contributed by atoms with Gasteiger partial charge in [-0.3, -0.25) is 29.0 Å². The Morgan fingerprint density at radius 3 is 2.47 bits per heavy atom. The normalized spacial score (nSPS) is 29.5. The van der Waals surface area contributed by atoms with Crippen LogP contribution in [0, 0.1) is 18.8 Å². The van der Waals surface area contributed by atoms with Gasteiger partial charge < -0.3 is 54.9 Å². The standard InChI is InChI=1S/C49H66N6O11/c1-28(2)27-54-19-15-49(16-20-54)51-40-37-38-43(60)31(5)45-39(37)46(62)48(6,66-45)64-23-9-8-14-33(65-36(59)26-35(58)55-18-11-17-53(7)21-22-55)24-32(56)25-34(57)29(3)12-10-13-30(4)47(63)50-42(44(38)61)41(40)52-49/h9-10,12-13,23,28-29,32-34,52,56-57,60H,8,11,14-22,24-27H2,1-7H3,(H,50,63)/b12-10+,23-9+,30-13-/t29?,32?,33-,34-,48+/m1/s1. The van der Waals surface area contributed by atoms with E-state index in [1.165, 1.54) is 20.1 Å². The number of ether oxygens (including phenoxy) is 3. The number of nitrogens with one attached hydrogen (secondary N) is 2. The minimum atomic E-state index is -1.93. The fourth-order valence-electron chi connectivity index (χ4n) is 9.55. The smallest absolute Gasteiger partial charge is 0.315 e. The van der Waals surface area contributed by atoms with Gasteiger partial charge in [0.2, 0.25) is 11.7 Å². The zero-order chi connectivity index (χ0) is 47.7. The lowest BCUT2D eigenvalue weighted by molar-refractivity contribution is -0.154. The summed E-state index contributed by atoms with van der Waals surface area (Å²) in [7, 11) is 1.99. The van der Waals surface area contributed by atoms with Crippen molar-refractivity contribution in [2.24, 2.45) is 16.8 Å². The molecule has 1 aromatic carbocycles. The van der Waals surface area contributed by atoms with Gasteiger partial charge in [-0.05, 0) is 65.1 Å². The van der Waals surface area contributed by atoms with Gasteiger partial charge in [0.1, 0.15) is 35.4 Å². The van der Waals surface area contributed by atoms with E-state index in [0.717, 1.165) is 32.6 Å². The molecule has 2 saturated heterocycles. The molecule has 8 rings (SSSR count). The van der Waals surface area contributed by atoms with Crippen LogP contribution in [0.15, 0.2) is 52.5 Å². The molecular weight excluding hydrogens is 849 g/mol. The number of phenolic OH excluding ortho intramolecular Hbond substituents is 1. The number of benzene rings is 1. The van der Waals surface area contributed by atoms with Gasteiger partial charge in [-0.2, -0.15) is 0 Å². The SMILES string of the molecule is C/C1=C/C=C/C(C)[C@H](O)CC(O)C[C@H](OC(=O)CC(=O)N2CCCN(C)CC2)CC/C=C/O[C@@]2(C)Oc3c(C)c(O)c4c(c3C2=O)C2=NC3(CCN(CC(C)C)CC3)NC2=C(NC1=O)C4=O. The molecule has 0 radical (unpaired) electrons. The molecule has 5 N–H and O–H groups in total. The van der Waals surface area contributed by atoms with Gasteiger partial charge in [0.25, 0.3) is 11.7 Å². The quantitative estimate of drug-likeness (QED) is 0.210. The van der Waals surface area contributed by atoms with Gasteiger partial charge in [-0.1, -0.05) is 39.0 Å². The number of aromatic hydroxyl groups is 1. The zero-order valence-corrected chi connectivity index (χ0v) is 39.3. The Balaban J connectivity index is 1.20. The molecule has 5 bridgehead atoms. The van der Waals surface area contributed by atoms with Crippen molar-refractivity contribution < 1.29 is 53.5 Å². The number of piperidine rings is 1. The van der Waals surface area contributed by atoms with Crippen LogP contribution in [0.1, 0.15) is 118 Å². The topological polar surface area (TPSA) is 220 Å². The highest BCUT2D eigenvalue weighted by atomic mass is 16.7. The van der Waals surface area contributed by atoms with Gasteiger partial charge in [0, 0.05) is 88.1 Å². The van der Waals surface area contributed by atoms with Gasteiger partial charge in [-0.25, -0.2) is 0 Å². The van der Waals surface area contributed by atoms with Gasteiger partial charge in [0.05, 0.1) is 41.0 Å². The minimum Gasteiger partial charge on any atom is -0.507 e. The number of hydrogen-bond donors (Lipinski definition) is 5. The lowest BCUT2D eigenvalue weighted by Gasteiger charge is -2.38.